The van der Waals surface area contributed by atoms with Crippen molar-refractivity contribution in [2.24, 2.45) is 5.92 Å². The van der Waals surface area contributed by atoms with Crippen LogP contribution in [0.3, 0.4) is 0 Å². The SMILES string of the molecule is Cc1cc([C@@H](C)Nc2ccc(Cl)nc2C(=O)O)c2nc(N3CC4CCC3CC4(F)F)c(C#N)nc2c1. The number of nitriles is 1. The number of nitrogens with one attached hydrogen (secondary N) is 1. The quantitative estimate of drug-likeness (QED) is 0.439. The van der Waals surface area contributed by atoms with Crippen LogP contribution in [0.1, 0.15) is 59.5 Å². The van der Waals surface area contributed by atoms with Crippen LogP contribution in [0.25, 0.3) is 11.0 Å². The first-order valence-corrected chi connectivity index (χ1v) is 12.0. The van der Waals surface area contributed by atoms with Gasteiger partial charge in [-0.2, -0.15) is 5.26 Å². The van der Waals surface area contributed by atoms with E-state index in [0.29, 0.717) is 29.7 Å². The van der Waals surface area contributed by atoms with Crippen molar-refractivity contribution >= 4 is 40.1 Å². The highest BCUT2D eigenvalue weighted by Crippen LogP contribution is 2.47. The van der Waals surface area contributed by atoms with Crippen molar-refractivity contribution in [2.75, 3.05) is 16.8 Å². The predicted molar refractivity (Wildman–Crippen MR) is 131 cm³/mol. The first-order valence-electron chi connectivity index (χ1n) is 11.6. The maximum atomic E-state index is 14.4. The van der Waals surface area contributed by atoms with Crippen molar-refractivity contribution < 1.29 is 18.7 Å². The van der Waals surface area contributed by atoms with Gasteiger partial charge in [0.15, 0.2) is 17.2 Å². The van der Waals surface area contributed by atoms with Crippen molar-refractivity contribution in [1.29, 1.82) is 5.26 Å². The Hall–Kier alpha value is -3.58. The topological polar surface area (TPSA) is 115 Å². The second kappa shape index (κ2) is 8.82. The predicted octanol–water partition coefficient (Wildman–Crippen LogP) is 5.35. The third kappa shape index (κ3) is 4.17. The molecular formula is C25H23ClF2N6O2. The third-order valence-electron chi connectivity index (χ3n) is 7.02. The van der Waals surface area contributed by atoms with Crippen LogP contribution in [0, 0.1) is 24.2 Å². The van der Waals surface area contributed by atoms with E-state index < -0.39 is 29.9 Å². The fourth-order valence-electron chi connectivity index (χ4n) is 5.28. The molecule has 36 heavy (non-hydrogen) atoms. The van der Waals surface area contributed by atoms with Gasteiger partial charge in [-0.05, 0) is 50.5 Å². The van der Waals surface area contributed by atoms with Crippen LogP contribution < -0.4 is 10.2 Å². The highest BCUT2D eigenvalue weighted by Gasteiger charge is 2.52. The zero-order chi connectivity index (χ0) is 25.8. The van der Waals surface area contributed by atoms with E-state index in [1.165, 1.54) is 6.07 Å². The average molecular weight is 513 g/mol. The second-order valence-electron chi connectivity index (χ2n) is 9.48. The number of alkyl halides is 2. The van der Waals surface area contributed by atoms with Crippen LogP contribution in [-0.2, 0) is 0 Å². The molecule has 2 saturated heterocycles. The fraction of sp³-hybridized carbons (Fsp3) is 0.400. The van der Waals surface area contributed by atoms with Crippen LogP contribution in [0.4, 0.5) is 20.3 Å². The molecular weight excluding hydrogens is 490 g/mol. The van der Waals surface area contributed by atoms with Crippen molar-refractivity contribution in [2.45, 2.75) is 51.1 Å². The molecule has 6 rings (SSSR count). The minimum atomic E-state index is -2.72. The number of aryl methyl sites for hydroxylation is 1. The summed E-state index contributed by atoms with van der Waals surface area (Å²) in [5.74, 6) is -4.41. The first-order chi connectivity index (χ1) is 17.1. The number of hydrogen-bond acceptors (Lipinski definition) is 7. The molecule has 186 valence electrons. The van der Waals surface area contributed by atoms with Crippen molar-refractivity contribution in [3.8, 4) is 6.07 Å². The van der Waals surface area contributed by atoms with E-state index in [2.05, 4.69) is 21.4 Å². The average Bonchev–Trinajstić information content (AvgIpc) is 2.83. The van der Waals surface area contributed by atoms with Crippen molar-refractivity contribution in [1.82, 2.24) is 15.0 Å². The number of fused-ring (bicyclic) bond motifs is 4. The summed E-state index contributed by atoms with van der Waals surface area (Å²) in [5, 5.41) is 22.6. The number of carbonyl (C=O) groups is 1. The van der Waals surface area contributed by atoms with E-state index in [1.54, 1.807) is 6.07 Å². The molecule has 0 radical (unpaired) electrons. The summed E-state index contributed by atoms with van der Waals surface area (Å²) >= 11 is 5.88. The minimum absolute atomic E-state index is 0.0626. The normalized spacial score (nSPS) is 21.3. The van der Waals surface area contributed by atoms with Gasteiger partial charge in [0, 0.05) is 30.5 Å². The highest BCUT2D eigenvalue weighted by molar-refractivity contribution is 6.29. The standard InChI is InChI=1S/C25H23ClF2N6O2/c1-12-7-16(13(2)30-17-5-6-20(26)32-22(17)24(35)36)21-18(8-12)31-19(10-29)23(33-21)34-11-14-3-4-15(34)9-25(14,27)28/h5-8,13-15,30H,3-4,9,11H2,1-2H3,(H,35,36)/t13-,14?,15?/m1/s1. The Kier molecular flexibility index (Phi) is 5.91. The molecule has 2 aliphatic heterocycles. The zero-order valence-corrected chi connectivity index (χ0v) is 20.4. The summed E-state index contributed by atoms with van der Waals surface area (Å²) in [6.07, 6.45) is 0.803. The van der Waals surface area contributed by atoms with E-state index in [9.17, 15) is 23.9 Å². The smallest absolute Gasteiger partial charge is 0.356 e. The van der Waals surface area contributed by atoms with Gasteiger partial charge in [0.05, 0.1) is 22.8 Å². The van der Waals surface area contributed by atoms with Crippen LogP contribution in [-0.4, -0.2) is 44.5 Å². The molecule has 4 heterocycles. The van der Waals surface area contributed by atoms with Gasteiger partial charge in [0.25, 0.3) is 5.92 Å². The number of nitrogens with zero attached hydrogens (tertiary/aromatic N) is 5. The lowest BCUT2D eigenvalue weighted by Gasteiger charge is -2.49. The third-order valence-corrected chi connectivity index (χ3v) is 7.23. The first kappa shape index (κ1) is 24.1. The summed E-state index contributed by atoms with van der Waals surface area (Å²) < 4.78 is 28.7. The monoisotopic (exact) mass is 512 g/mol. The summed E-state index contributed by atoms with van der Waals surface area (Å²) in [6, 6.07) is 8.02. The van der Waals surface area contributed by atoms with Crippen LogP contribution in [0.5, 0.6) is 0 Å². The Morgan fingerprint density at radius 1 is 1.31 bits per heavy atom. The van der Waals surface area contributed by atoms with Crippen LogP contribution in [0.15, 0.2) is 24.3 Å². The van der Waals surface area contributed by atoms with Gasteiger partial charge < -0.3 is 15.3 Å². The molecule has 2 aromatic heterocycles. The van der Waals surface area contributed by atoms with Crippen LogP contribution >= 0.6 is 11.6 Å². The van der Waals surface area contributed by atoms with E-state index in [-0.39, 0.29) is 35.2 Å². The number of aromatic nitrogens is 3. The summed E-state index contributed by atoms with van der Waals surface area (Å²) in [7, 11) is 0. The number of hydrogen-bond donors (Lipinski definition) is 2. The molecule has 2 bridgehead atoms. The lowest BCUT2D eigenvalue weighted by molar-refractivity contribution is -0.106. The number of benzene rings is 1. The van der Waals surface area contributed by atoms with Gasteiger partial charge in [0.2, 0.25) is 0 Å². The minimum Gasteiger partial charge on any atom is -0.476 e. The van der Waals surface area contributed by atoms with Crippen LogP contribution in [0.2, 0.25) is 5.15 Å². The van der Waals surface area contributed by atoms with E-state index in [0.717, 1.165) is 11.1 Å². The number of halogens is 3. The molecule has 2 unspecified atom stereocenters. The van der Waals surface area contributed by atoms with Gasteiger partial charge in [-0.1, -0.05) is 17.7 Å². The van der Waals surface area contributed by atoms with Gasteiger partial charge in [-0.25, -0.2) is 28.5 Å². The Balaban J connectivity index is 1.58. The number of pyridine rings is 1. The molecule has 11 heteroatoms. The van der Waals surface area contributed by atoms with E-state index >= 15 is 0 Å². The summed E-state index contributed by atoms with van der Waals surface area (Å²) in [6.45, 7) is 3.85. The molecule has 3 aromatic rings. The van der Waals surface area contributed by atoms with E-state index in [1.807, 2.05) is 30.9 Å². The van der Waals surface area contributed by atoms with Gasteiger partial charge in [-0.3, -0.25) is 0 Å². The molecule has 1 aliphatic carbocycles. The molecule has 3 fully saturated rings. The molecule has 0 amide bonds. The fourth-order valence-corrected chi connectivity index (χ4v) is 5.43. The zero-order valence-electron chi connectivity index (χ0n) is 19.6. The molecule has 2 N–H and O–H groups in total. The molecule has 1 saturated carbocycles. The number of piperidine rings is 2. The molecule has 8 nitrogen and oxygen atoms in total. The molecule has 3 aliphatic rings. The number of carboxylic acid groups (broad SMARTS) is 1. The number of rotatable bonds is 5. The Labute approximate surface area is 210 Å². The second-order valence-corrected chi connectivity index (χ2v) is 9.86. The largest absolute Gasteiger partial charge is 0.476 e. The van der Waals surface area contributed by atoms with Gasteiger partial charge in [0.1, 0.15) is 11.2 Å². The molecule has 1 aromatic carbocycles. The number of aromatic carboxylic acids is 1. The molecule has 3 atom stereocenters. The summed E-state index contributed by atoms with van der Waals surface area (Å²) in [5.41, 5.74) is 2.79. The Bertz CT molecular complexity index is 1430. The maximum absolute atomic E-state index is 14.4. The lowest BCUT2D eigenvalue weighted by Crippen LogP contribution is -2.57. The summed E-state index contributed by atoms with van der Waals surface area (Å²) in [4.78, 5) is 26.8. The Morgan fingerprint density at radius 2 is 2.08 bits per heavy atom. The number of anilines is 2. The number of carboxylic acids is 1. The maximum Gasteiger partial charge on any atom is 0.356 e. The lowest BCUT2D eigenvalue weighted by atomic mass is 9.77. The van der Waals surface area contributed by atoms with E-state index in [4.69, 9.17) is 16.6 Å². The van der Waals surface area contributed by atoms with Crippen molar-refractivity contribution in [3.05, 3.63) is 51.9 Å². The molecule has 0 spiro atoms. The van der Waals surface area contributed by atoms with Gasteiger partial charge >= 0.3 is 5.97 Å². The van der Waals surface area contributed by atoms with Gasteiger partial charge in [-0.15, -0.1) is 0 Å². The highest BCUT2D eigenvalue weighted by atomic mass is 35.5. The Morgan fingerprint density at radius 3 is 2.72 bits per heavy atom. The van der Waals surface area contributed by atoms with Crippen molar-refractivity contribution in [3.63, 3.8) is 0 Å².